The van der Waals surface area contributed by atoms with Gasteiger partial charge >= 0.3 is 0 Å². The molecule has 0 aliphatic carbocycles. The van der Waals surface area contributed by atoms with E-state index in [2.05, 4.69) is 0 Å². The van der Waals surface area contributed by atoms with E-state index in [1.807, 2.05) is 6.92 Å². The molecule has 0 aromatic carbocycles. The smallest absolute Gasteiger partial charge is 0.225 e. The van der Waals surface area contributed by atoms with E-state index in [0.717, 1.165) is 12.8 Å². The number of aliphatic hydroxyl groups excluding tert-OH is 1. The van der Waals surface area contributed by atoms with Crippen LogP contribution in [0.3, 0.4) is 0 Å². The van der Waals surface area contributed by atoms with Gasteiger partial charge in [0.1, 0.15) is 0 Å². The van der Waals surface area contributed by atoms with E-state index in [1.165, 1.54) is 0 Å². The Hall–Kier alpha value is -0.610. The van der Waals surface area contributed by atoms with Crippen molar-refractivity contribution in [2.24, 2.45) is 5.92 Å². The lowest BCUT2D eigenvalue weighted by Crippen LogP contribution is -2.39. The topological polar surface area (TPSA) is 49.8 Å². The van der Waals surface area contributed by atoms with Crippen molar-refractivity contribution in [2.45, 2.75) is 19.8 Å². The molecule has 0 unspecified atom stereocenters. The normalized spacial score (nSPS) is 18.1. The lowest BCUT2D eigenvalue weighted by molar-refractivity contribution is -0.138. The standard InChI is InChI=1S/C10H19NO3/c1-2-11(5-6-12)10(13)9-3-7-14-8-4-9/h9,12H,2-8H2,1H3. The van der Waals surface area contributed by atoms with Crippen LogP contribution >= 0.6 is 0 Å². The van der Waals surface area contributed by atoms with Crippen LogP contribution < -0.4 is 0 Å². The molecule has 14 heavy (non-hydrogen) atoms. The van der Waals surface area contributed by atoms with Crippen LogP contribution in [0.1, 0.15) is 19.8 Å². The molecule has 0 atom stereocenters. The van der Waals surface area contributed by atoms with Gasteiger partial charge in [0, 0.05) is 32.2 Å². The van der Waals surface area contributed by atoms with E-state index in [9.17, 15) is 4.79 Å². The number of amides is 1. The molecule has 0 saturated carbocycles. The number of aliphatic hydroxyl groups is 1. The van der Waals surface area contributed by atoms with Crippen molar-refractivity contribution in [2.75, 3.05) is 32.9 Å². The largest absolute Gasteiger partial charge is 0.395 e. The Kier molecular flexibility index (Phi) is 4.90. The van der Waals surface area contributed by atoms with E-state index in [4.69, 9.17) is 9.84 Å². The Morgan fingerprint density at radius 1 is 1.50 bits per heavy atom. The third-order valence-corrected chi connectivity index (χ3v) is 2.63. The van der Waals surface area contributed by atoms with Crippen LogP contribution in [-0.2, 0) is 9.53 Å². The molecule has 4 nitrogen and oxygen atoms in total. The molecule has 4 heteroatoms. The molecule has 0 aromatic rings. The Bertz CT molecular complexity index is 171. The molecular formula is C10H19NO3. The molecule has 1 rings (SSSR count). The van der Waals surface area contributed by atoms with Gasteiger partial charge in [0.25, 0.3) is 0 Å². The molecule has 1 heterocycles. The fraction of sp³-hybridized carbons (Fsp3) is 0.900. The maximum absolute atomic E-state index is 11.9. The van der Waals surface area contributed by atoms with E-state index in [0.29, 0.717) is 26.3 Å². The van der Waals surface area contributed by atoms with Gasteiger partial charge < -0.3 is 14.7 Å². The van der Waals surface area contributed by atoms with Gasteiger partial charge in [-0.25, -0.2) is 0 Å². The van der Waals surface area contributed by atoms with Crippen molar-refractivity contribution in [3.8, 4) is 0 Å². The third-order valence-electron chi connectivity index (χ3n) is 2.63. The van der Waals surface area contributed by atoms with Crippen LogP contribution in [0.4, 0.5) is 0 Å². The molecule has 0 spiro atoms. The molecule has 1 aliphatic rings. The summed E-state index contributed by atoms with van der Waals surface area (Å²) < 4.78 is 5.20. The number of ether oxygens (including phenoxy) is 1. The monoisotopic (exact) mass is 201 g/mol. The van der Waals surface area contributed by atoms with Crippen LogP contribution in [0.25, 0.3) is 0 Å². The molecule has 0 bridgehead atoms. The number of hydrogen-bond acceptors (Lipinski definition) is 3. The minimum absolute atomic E-state index is 0.0444. The van der Waals surface area contributed by atoms with Gasteiger partial charge in [-0.1, -0.05) is 0 Å². The minimum atomic E-state index is 0.0444. The van der Waals surface area contributed by atoms with Crippen molar-refractivity contribution in [1.82, 2.24) is 4.90 Å². The highest BCUT2D eigenvalue weighted by Crippen LogP contribution is 2.17. The summed E-state index contributed by atoms with van der Waals surface area (Å²) >= 11 is 0. The summed E-state index contributed by atoms with van der Waals surface area (Å²) in [5.74, 6) is 0.278. The van der Waals surface area contributed by atoms with E-state index in [-0.39, 0.29) is 18.4 Å². The zero-order chi connectivity index (χ0) is 10.4. The molecule has 1 saturated heterocycles. The summed E-state index contributed by atoms with van der Waals surface area (Å²) in [6.45, 7) is 4.49. The minimum Gasteiger partial charge on any atom is -0.395 e. The Balaban J connectivity index is 2.43. The average Bonchev–Trinajstić information content (AvgIpc) is 2.26. The quantitative estimate of drug-likeness (QED) is 0.709. The van der Waals surface area contributed by atoms with Crippen molar-refractivity contribution in [3.63, 3.8) is 0 Å². The van der Waals surface area contributed by atoms with Crippen LogP contribution in [0.2, 0.25) is 0 Å². The van der Waals surface area contributed by atoms with Gasteiger partial charge in [-0.05, 0) is 19.8 Å². The zero-order valence-electron chi connectivity index (χ0n) is 8.74. The van der Waals surface area contributed by atoms with Gasteiger partial charge in [-0.3, -0.25) is 4.79 Å². The molecule has 1 amide bonds. The first kappa shape index (κ1) is 11.5. The Morgan fingerprint density at radius 3 is 2.64 bits per heavy atom. The lowest BCUT2D eigenvalue weighted by atomic mass is 9.98. The lowest BCUT2D eigenvalue weighted by Gasteiger charge is -2.28. The van der Waals surface area contributed by atoms with Crippen LogP contribution in [0, 0.1) is 5.92 Å². The third kappa shape index (κ3) is 2.96. The first-order chi connectivity index (χ1) is 6.79. The number of rotatable bonds is 4. The van der Waals surface area contributed by atoms with Crippen molar-refractivity contribution in [3.05, 3.63) is 0 Å². The predicted octanol–water partition coefficient (Wildman–Crippen LogP) is 0.254. The highest BCUT2D eigenvalue weighted by molar-refractivity contribution is 5.78. The van der Waals surface area contributed by atoms with Crippen molar-refractivity contribution in [1.29, 1.82) is 0 Å². The molecule has 1 fully saturated rings. The maximum Gasteiger partial charge on any atom is 0.225 e. The van der Waals surface area contributed by atoms with Crippen LogP contribution in [-0.4, -0.2) is 48.8 Å². The van der Waals surface area contributed by atoms with Crippen LogP contribution in [0.5, 0.6) is 0 Å². The summed E-state index contributed by atoms with van der Waals surface area (Å²) in [5, 5.41) is 8.80. The van der Waals surface area contributed by atoms with Gasteiger partial charge in [-0.2, -0.15) is 0 Å². The SMILES string of the molecule is CCN(CCO)C(=O)C1CCOCC1. The molecule has 0 aromatic heterocycles. The number of hydrogen-bond donors (Lipinski definition) is 1. The number of carbonyl (C=O) groups excluding carboxylic acids is 1. The second-order valence-corrected chi connectivity index (χ2v) is 3.53. The molecule has 1 N–H and O–H groups in total. The number of nitrogens with zero attached hydrogens (tertiary/aromatic N) is 1. The number of likely N-dealkylation sites (N-methyl/N-ethyl adjacent to an activating group) is 1. The second-order valence-electron chi connectivity index (χ2n) is 3.53. The Morgan fingerprint density at radius 2 is 2.14 bits per heavy atom. The Labute approximate surface area is 84.8 Å². The van der Waals surface area contributed by atoms with Gasteiger partial charge in [0.05, 0.1) is 6.61 Å². The van der Waals surface area contributed by atoms with E-state index >= 15 is 0 Å². The first-order valence-electron chi connectivity index (χ1n) is 5.27. The zero-order valence-corrected chi connectivity index (χ0v) is 8.74. The number of carbonyl (C=O) groups is 1. The molecular weight excluding hydrogens is 182 g/mol. The highest BCUT2D eigenvalue weighted by atomic mass is 16.5. The molecule has 0 radical (unpaired) electrons. The highest BCUT2D eigenvalue weighted by Gasteiger charge is 2.24. The first-order valence-corrected chi connectivity index (χ1v) is 5.27. The molecule has 1 aliphatic heterocycles. The van der Waals surface area contributed by atoms with Crippen molar-refractivity contribution < 1.29 is 14.6 Å². The van der Waals surface area contributed by atoms with Gasteiger partial charge in [0.2, 0.25) is 5.91 Å². The van der Waals surface area contributed by atoms with E-state index < -0.39 is 0 Å². The average molecular weight is 201 g/mol. The van der Waals surface area contributed by atoms with Gasteiger partial charge in [0.15, 0.2) is 0 Å². The predicted molar refractivity (Wildman–Crippen MR) is 52.9 cm³/mol. The fourth-order valence-corrected chi connectivity index (χ4v) is 1.75. The van der Waals surface area contributed by atoms with Crippen molar-refractivity contribution >= 4 is 5.91 Å². The van der Waals surface area contributed by atoms with Crippen LogP contribution in [0.15, 0.2) is 0 Å². The maximum atomic E-state index is 11.9. The summed E-state index contributed by atoms with van der Waals surface area (Å²) in [4.78, 5) is 13.6. The fourth-order valence-electron chi connectivity index (χ4n) is 1.75. The summed E-state index contributed by atoms with van der Waals surface area (Å²) in [5.41, 5.74) is 0. The van der Waals surface area contributed by atoms with Gasteiger partial charge in [-0.15, -0.1) is 0 Å². The summed E-state index contributed by atoms with van der Waals surface area (Å²) in [6, 6.07) is 0. The summed E-state index contributed by atoms with van der Waals surface area (Å²) in [6.07, 6.45) is 1.64. The summed E-state index contributed by atoms with van der Waals surface area (Å²) in [7, 11) is 0. The molecule has 82 valence electrons. The van der Waals surface area contributed by atoms with E-state index in [1.54, 1.807) is 4.90 Å². The second kappa shape index (κ2) is 5.98.